The number of amides is 1. The first-order chi connectivity index (χ1) is 12.1. The van der Waals surface area contributed by atoms with Crippen LogP contribution in [0, 0.1) is 17.2 Å². The van der Waals surface area contributed by atoms with E-state index < -0.39 is 0 Å². The van der Waals surface area contributed by atoms with E-state index in [0.717, 1.165) is 24.8 Å². The predicted molar refractivity (Wildman–Crippen MR) is 97.7 cm³/mol. The molecule has 2 aromatic rings. The number of nitrogens with one attached hydrogen (secondary N) is 1. The van der Waals surface area contributed by atoms with Crippen LogP contribution in [0.3, 0.4) is 0 Å². The fraction of sp³-hybridized carbons (Fsp3) is 0.368. The van der Waals surface area contributed by atoms with Gasteiger partial charge >= 0.3 is 0 Å². The molecule has 1 aromatic carbocycles. The van der Waals surface area contributed by atoms with Gasteiger partial charge in [-0.1, -0.05) is 6.92 Å². The molecule has 1 unspecified atom stereocenters. The molecule has 6 heteroatoms. The molecule has 3 rings (SSSR count). The van der Waals surface area contributed by atoms with Crippen molar-refractivity contribution in [1.82, 2.24) is 0 Å². The maximum atomic E-state index is 12.7. The number of rotatable bonds is 4. The Hall–Kier alpha value is -2.52. The number of methoxy groups -OCH3 is 2. The fourth-order valence-electron chi connectivity index (χ4n) is 3.12. The fourth-order valence-corrected chi connectivity index (χ4v) is 4.31. The van der Waals surface area contributed by atoms with Gasteiger partial charge in [-0.05, 0) is 42.9 Å². The second-order valence-electron chi connectivity index (χ2n) is 6.19. The van der Waals surface area contributed by atoms with E-state index in [1.807, 2.05) is 0 Å². The van der Waals surface area contributed by atoms with Crippen LogP contribution in [-0.2, 0) is 12.8 Å². The van der Waals surface area contributed by atoms with Gasteiger partial charge in [-0.15, -0.1) is 11.3 Å². The zero-order valence-corrected chi connectivity index (χ0v) is 15.3. The third kappa shape index (κ3) is 3.33. The topological polar surface area (TPSA) is 71.3 Å². The van der Waals surface area contributed by atoms with E-state index in [1.165, 1.54) is 23.3 Å². The van der Waals surface area contributed by atoms with E-state index in [-0.39, 0.29) is 5.91 Å². The zero-order valence-electron chi connectivity index (χ0n) is 14.5. The number of aryl methyl sites for hydroxylation is 1. The molecule has 1 amide bonds. The summed E-state index contributed by atoms with van der Waals surface area (Å²) in [4.78, 5) is 13.9. The lowest BCUT2D eigenvalue weighted by Gasteiger charge is -2.17. The number of carbonyl (C=O) groups is 1. The Balaban J connectivity index is 1.91. The SMILES string of the molecule is COc1ccc(C(=O)Nc2sc3c(c2C#N)CC(C)CC3)c(OC)c1. The van der Waals surface area contributed by atoms with Crippen molar-refractivity contribution in [3.05, 3.63) is 39.8 Å². The minimum Gasteiger partial charge on any atom is -0.497 e. The quantitative estimate of drug-likeness (QED) is 0.898. The van der Waals surface area contributed by atoms with Crippen LogP contribution in [0.1, 0.15) is 39.7 Å². The van der Waals surface area contributed by atoms with Crippen LogP contribution in [0.2, 0.25) is 0 Å². The van der Waals surface area contributed by atoms with Gasteiger partial charge in [0.1, 0.15) is 22.6 Å². The number of ether oxygens (including phenoxy) is 2. The molecule has 1 N–H and O–H groups in total. The summed E-state index contributed by atoms with van der Waals surface area (Å²) in [7, 11) is 3.07. The molecule has 5 nitrogen and oxygen atoms in total. The first-order valence-corrected chi connectivity index (χ1v) is 8.97. The second kappa shape index (κ2) is 7.16. The number of nitrogens with zero attached hydrogens (tertiary/aromatic N) is 1. The molecule has 0 radical (unpaired) electrons. The number of benzene rings is 1. The van der Waals surface area contributed by atoms with E-state index in [4.69, 9.17) is 9.47 Å². The minimum absolute atomic E-state index is 0.289. The van der Waals surface area contributed by atoms with Crippen molar-refractivity contribution < 1.29 is 14.3 Å². The van der Waals surface area contributed by atoms with E-state index in [2.05, 4.69) is 18.3 Å². The van der Waals surface area contributed by atoms with Gasteiger partial charge in [0.05, 0.1) is 25.3 Å². The molecule has 1 heterocycles. The average Bonchev–Trinajstić information content (AvgIpc) is 2.96. The van der Waals surface area contributed by atoms with Crippen LogP contribution in [0.25, 0.3) is 0 Å². The highest BCUT2D eigenvalue weighted by Crippen LogP contribution is 2.39. The molecule has 0 fully saturated rings. The summed E-state index contributed by atoms with van der Waals surface area (Å²) >= 11 is 1.51. The van der Waals surface area contributed by atoms with Crippen molar-refractivity contribution >= 4 is 22.2 Å². The summed E-state index contributed by atoms with van der Waals surface area (Å²) in [5, 5.41) is 13.1. The lowest BCUT2D eigenvalue weighted by molar-refractivity contribution is 0.102. The van der Waals surface area contributed by atoms with Crippen LogP contribution in [0.15, 0.2) is 18.2 Å². The van der Waals surface area contributed by atoms with Gasteiger partial charge in [0.25, 0.3) is 5.91 Å². The third-order valence-electron chi connectivity index (χ3n) is 4.50. The Labute approximate surface area is 151 Å². The molecule has 25 heavy (non-hydrogen) atoms. The van der Waals surface area contributed by atoms with Crippen LogP contribution in [0.4, 0.5) is 5.00 Å². The number of carbonyl (C=O) groups excluding carboxylic acids is 1. The molecule has 1 aliphatic rings. The average molecular weight is 356 g/mol. The van der Waals surface area contributed by atoms with Gasteiger partial charge < -0.3 is 14.8 Å². The number of hydrogen-bond donors (Lipinski definition) is 1. The van der Waals surface area contributed by atoms with Gasteiger partial charge in [-0.25, -0.2) is 0 Å². The Morgan fingerprint density at radius 2 is 2.16 bits per heavy atom. The zero-order chi connectivity index (χ0) is 18.0. The van der Waals surface area contributed by atoms with Crippen molar-refractivity contribution in [2.75, 3.05) is 19.5 Å². The standard InChI is InChI=1S/C19H20N2O3S/c1-11-4-7-17-14(8-11)15(10-20)19(25-17)21-18(22)13-6-5-12(23-2)9-16(13)24-3/h5-6,9,11H,4,7-8H2,1-3H3,(H,21,22). The second-order valence-corrected chi connectivity index (χ2v) is 7.29. The van der Waals surface area contributed by atoms with Crippen LogP contribution < -0.4 is 14.8 Å². The van der Waals surface area contributed by atoms with E-state index in [0.29, 0.717) is 33.5 Å². The molecule has 0 saturated heterocycles. The van der Waals surface area contributed by atoms with Crippen molar-refractivity contribution in [2.24, 2.45) is 5.92 Å². The molecule has 0 bridgehead atoms. The number of hydrogen-bond acceptors (Lipinski definition) is 5. The van der Waals surface area contributed by atoms with E-state index >= 15 is 0 Å². The van der Waals surface area contributed by atoms with Crippen molar-refractivity contribution in [1.29, 1.82) is 5.26 Å². The summed E-state index contributed by atoms with van der Waals surface area (Å²) in [6.07, 6.45) is 2.99. The molecule has 0 aliphatic heterocycles. The minimum atomic E-state index is -0.289. The van der Waals surface area contributed by atoms with E-state index in [9.17, 15) is 10.1 Å². The Bertz CT molecular complexity index is 851. The van der Waals surface area contributed by atoms with Gasteiger partial charge in [-0.3, -0.25) is 4.79 Å². The van der Waals surface area contributed by atoms with Gasteiger partial charge in [0, 0.05) is 10.9 Å². The highest BCUT2D eigenvalue weighted by Gasteiger charge is 2.25. The molecule has 0 saturated carbocycles. The van der Waals surface area contributed by atoms with Gasteiger partial charge in [0.15, 0.2) is 0 Å². The lowest BCUT2D eigenvalue weighted by atomic mass is 9.88. The molecule has 1 atom stereocenters. The largest absolute Gasteiger partial charge is 0.497 e. The predicted octanol–water partition coefficient (Wildman–Crippen LogP) is 4.01. The lowest BCUT2D eigenvalue weighted by Crippen LogP contribution is -2.13. The maximum absolute atomic E-state index is 12.7. The molecular weight excluding hydrogens is 336 g/mol. The Morgan fingerprint density at radius 1 is 1.36 bits per heavy atom. The summed E-state index contributed by atoms with van der Waals surface area (Å²) in [5.74, 6) is 1.33. The van der Waals surface area contributed by atoms with Crippen molar-refractivity contribution in [3.8, 4) is 17.6 Å². The maximum Gasteiger partial charge on any atom is 0.260 e. The molecule has 1 aliphatic carbocycles. The van der Waals surface area contributed by atoms with Gasteiger partial charge in [0.2, 0.25) is 0 Å². The summed E-state index contributed by atoms with van der Waals surface area (Å²) in [5.41, 5.74) is 2.11. The first-order valence-electron chi connectivity index (χ1n) is 8.15. The molecule has 0 spiro atoms. The summed E-state index contributed by atoms with van der Waals surface area (Å²) in [6, 6.07) is 7.31. The number of anilines is 1. The monoisotopic (exact) mass is 356 g/mol. The summed E-state index contributed by atoms with van der Waals surface area (Å²) < 4.78 is 10.5. The smallest absolute Gasteiger partial charge is 0.260 e. The number of thiophene rings is 1. The highest BCUT2D eigenvalue weighted by atomic mass is 32.1. The Morgan fingerprint density at radius 3 is 2.84 bits per heavy atom. The normalized spacial score (nSPS) is 15.8. The number of fused-ring (bicyclic) bond motifs is 1. The van der Waals surface area contributed by atoms with Crippen molar-refractivity contribution in [3.63, 3.8) is 0 Å². The van der Waals surface area contributed by atoms with Gasteiger partial charge in [-0.2, -0.15) is 5.26 Å². The highest BCUT2D eigenvalue weighted by molar-refractivity contribution is 7.16. The van der Waals surface area contributed by atoms with E-state index in [1.54, 1.807) is 25.3 Å². The summed E-state index contributed by atoms with van der Waals surface area (Å²) in [6.45, 7) is 2.20. The van der Waals surface area contributed by atoms with Crippen LogP contribution in [-0.4, -0.2) is 20.1 Å². The van der Waals surface area contributed by atoms with Crippen LogP contribution in [0.5, 0.6) is 11.5 Å². The molecule has 1 aromatic heterocycles. The van der Waals surface area contributed by atoms with Crippen molar-refractivity contribution in [2.45, 2.75) is 26.2 Å². The molecule has 130 valence electrons. The first kappa shape index (κ1) is 17.3. The number of nitriles is 1. The van der Waals surface area contributed by atoms with Crippen LogP contribution >= 0.6 is 11.3 Å². The third-order valence-corrected chi connectivity index (χ3v) is 5.71. The Kier molecular flexibility index (Phi) is 4.95. The molecular formula is C19H20N2O3S.